The maximum absolute atomic E-state index is 11.9. The zero-order chi connectivity index (χ0) is 15.5. The second-order valence-corrected chi connectivity index (χ2v) is 6.23. The van der Waals surface area contributed by atoms with E-state index in [1.165, 1.54) is 12.8 Å². The SMILES string of the molecule is O=C(Cc1ccc(Cl)c(Cl)c1)NCCc1nncn1C1CC1. The molecule has 0 aliphatic heterocycles. The molecule has 1 fully saturated rings. The molecule has 1 aromatic carbocycles. The molecule has 1 aliphatic rings. The van der Waals surface area contributed by atoms with Crippen LogP contribution < -0.4 is 5.32 Å². The highest BCUT2D eigenvalue weighted by Crippen LogP contribution is 2.35. The molecular weight excluding hydrogens is 323 g/mol. The lowest BCUT2D eigenvalue weighted by Crippen LogP contribution is -2.27. The van der Waals surface area contributed by atoms with Crippen molar-refractivity contribution in [1.82, 2.24) is 20.1 Å². The molecule has 1 N–H and O–H groups in total. The van der Waals surface area contributed by atoms with Crippen LogP contribution in [0.1, 0.15) is 30.3 Å². The van der Waals surface area contributed by atoms with Crippen molar-refractivity contribution >= 4 is 29.1 Å². The van der Waals surface area contributed by atoms with Crippen molar-refractivity contribution in [1.29, 1.82) is 0 Å². The minimum Gasteiger partial charge on any atom is -0.355 e. The van der Waals surface area contributed by atoms with Gasteiger partial charge in [-0.2, -0.15) is 0 Å². The van der Waals surface area contributed by atoms with Crippen LogP contribution in [0.15, 0.2) is 24.5 Å². The fourth-order valence-electron chi connectivity index (χ4n) is 2.31. The first-order chi connectivity index (χ1) is 10.6. The second kappa shape index (κ2) is 6.67. The summed E-state index contributed by atoms with van der Waals surface area (Å²) >= 11 is 11.8. The molecule has 0 saturated heterocycles. The Morgan fingerprint density at radius 2 is 2.14 bits per heavy atom. The number of nitrogens with zero attached hydrogens (tertiary/aromatic N) is 3. The highest BCUT2D eigenvalue weighted by atomic mass is 35.5. The lowest BCUT2D eigenvalue weighted by Gasteiger charge is -2.07. The summed E-state index contributed by atoms with van der Waals surface area (Å²) in [4.78, 5) is 11.9. The van der Waals surface area contributed by atoms with Crippen LogP contribution in [0.4, 0.5) is 0 Å². The minimum absolute atomic E-state index is 0.0455. The lowest BCUT2D eigenvalue weighted by molar-refractivity contribution is -0.120. The van der Waals surface area contributed by atoms with Crippen LogP contribution in [0.2, 0.25) is 10.0 Å². The molecular formula is C15H16Cl2N4O. The van der Waals surface area contributed by atoms with Crippen molar-refractivity contribution < 1.29 is 4.79 Å². The van der Waals surface area contributed by atoms with Gasteiger partial charge in [-0.1, -0.05) is 29.3 Å². The number of aromatic nitrogens is 3. The molecule has 22 heavy (non-hydrogen) atoms. The third kappa shape index (κ3) is 3.78. The summed E-state index contributed by atoms with van der Waals surface area (Å²) in [6.45, 7) is 0.547. The standard InChI is InChI=1S/C15H16Cl2N4O/c16-12-4-1-10(7-13(12)17)8-15(22)18-6-5-14-20-19-9-21(14)11-2-3-11/h1,4,7,9,11H,2-3,5-6,8H2,(H,18,22). The van der Waals surface area contributed by atoms with Crippen LogP contribution in [0.5, 0.6) is 0 Å². The molecule has 7 heteroatoms. The van der Waals surface area contributed by atoms with E-state index in [0.717, 1.165) is 11.4 Å². The maximum Gasteiger partial charge on any atom is 0.224 e. The molecule has 1 amide bonds. The van der Waals surface area contributed by atoms with Gasteiger partial charge >= 0.3 is 0 Å². The Bertz CT molecular complexity index is 682. The van der Waals surface area contributed by atoms with Crippen LogP contribution in [0.25, 0.3) is 0 Å². The van der Waals surface area contributed by atoms with Gasteiger partial charge in [-0.15, -0.1) is 10.2 Å². The van der Waals surface area contributed by atoms with Gasteiger partial charge in [0, 0.05) is 19.0 Å². The van der Waals surface area contributed by atoms with Gasteiger partial charge in [0.2, 0.25) is 5.91 Å². The topological polar surface area (TPSA) is 59.8 Å². The predicted molar refractivity (Wildman–Crippen MR) is 85.2 cm³/mol. The van der Waals surface area contributed by atoms with Gasteiger partial charge in [0.1, 0.15) is 12.2 Å². The average molecular weight is 339 g/mol. The number of halogens is 2. The Balaban J connectivity index is 1.47. The quantitative estimate of drug-likeness (QED) is 0.880. The molecule has 1 heterocycles. The first kappa shape index (κ1) is 15.3. The van der Waals surface area contributed by atoms with Crippen LogP contribution in [0, 0.1) is 0 Å². The number of carbonyl (C=O) groups excluding carboxylic acids is 1. The third-order valence-electron chi connectivity index (χ3n) is 3.61. The van der Waals surface area contributed by atoms with Gasteiger partial charge in [-0.3, -0.25) is 4.79 Å². The molecule has 1 aromatic heterocycles. The van der Waals surface area contributed by atoms with E-state index in [9.17, 15) is 4.79 Å². The Morgan fingerprint density at radius 3 is 2.86 bits per heavy atom. The summed E-state index contributed by atoms with van der Waals surface area (Å²) in [5.41, 5.74) is 0.841. The monoisotopic (exact) mass is 338 g/mol. The molecule has 1 saturated carbocycles. The van der Waals surface area contributed by atoms with Crippen molar-refractivity contribution in [2.45, 2.75) is 31.7 Å². The first-order valence-electron chi connectivity index (χ1n) is 7.22. The van der Waals surface area contributed by atoms with E-state index in [1.54, 1.807) is 24.5 Å². The molecule has 0 spiro atoms. The van der Waals surface area contributed by atoms with Crippen molar-refractivity contribution in [2.75, 3.05) is 6.54 Å². The predicted octanol–water partition coefficient (Wildman–Crippen LogP) is 2.82. The number of hydrogen-bond donors (Lipinski definition) is 1. The Labute approximate surface area is 138 Å². The zero-order valence-electron chi connectivity index (χ0n) is 11.9. The largest absolute Gasteiger partial charge is 0.355 e. The van der Waals surface area contributed by atoms with Gasteiger partial charge in [0.25, 0.3) is 0 Å². The molecule has 5 nitrogen and oxygen atoms in total. The molecule has 0 unspecified atom stereocenters. The molecule has 0 bridgehead atoms. The molecule has 2 aromatic rings. The smallest absolute Gasteiger partial charge is 0.224 e. The molecule has 1 aliphatic carbocycles. The molecule has 0 radical (unpaired) electrons. The van der Waals surface area contributed by atoms with Crippen molar-refractivity contribution in [3.63, 3.8) is 0 Å². The maximum atomic E-state index is 11.9. The van der Waals surface area contributed by atoms with E-state index in [1.807, 2.05) is 0 Å². The highest BCUT2D eigenvalue weighted by Gasteiger charge is 2.25. The zero-order valence-corrected chi connectivity index (χ0v) is 13.4. The molecule has 3 rings (SSSR count). The lowest BCUT2D eigenvalue weighted by atomic mass is 10.1. The van der Waals surface area contributed by atoms with Crippen molar-refractivity contribution in [3.8, 4) is 0 Å². The van der Waals surface area contributed by atoms with E-state index < -0.39 is 0 Å². The van der Waals surface area contributed by atoms with Gasteiger partial charge in [0.15, 0.2) is 0 Å². The Morgan fingerprint density at radius 1 is 1.32 bits per heavy atom. The summed E-state index contributed by atoms with van der Waals surface area (Å²) in [6, 6.07) is 5.77. The second-order valence-electron chi connectivity index (χ2n) is 5.41. The first-order valence-corrected chi connectivity index (χ1v) is 7.98. The summed E-state index contributed by atoms with van der Waals surface area (Å²) in [5, 5.41) is 11.9. The number of benzene rings is 1. The van der Waals surface area contributed by atoms with Gasteiger partial charge < -0.3 is 9.88 Å². The van der Waals surface area contributed by atoms with Crippen LogP contribution in [-0.4, -0.2) is 27.2 Å². The van der Waals surface area contributed by atoms with E-state index >= 15 is 0 Å². The van der Waals surface area contributed by atoms with E-state index in [2.05, 4.69) is 20.1 Å². The Hall–Kier alpha value is -1.59. The Kier molecular flexibility index (Phi) is 4.64. The van der Waals surface area contributed by atoms with E-state index in [-0.39, 0.29) is 12.3 Å². The highest BCUT2D eigenvalue weighted by molar-refractivity contribution is 6.42. The summed E-state index contributed by atoms with van der Waals surface area (Å²) in [5.74, 6) is 0.883. The normalized spacial score (nSPS) is 14.1. The van der Waals surface area contributed by atoms with Crippen LogP contribution in [0.3, 0.4) is 0 Å². The summed E-state index contributed by atoms with van der Waals surface area (Å²) < 4.78 is 2.10. The van der Waals surface area contributed by atoms with Crippen LogP contribution >= 0.6 is 23.2 Å². The van der Waals surface area contributed by atoms with E-state index in [4.69, 9.17) is 23.2 Å². The molecule has 116 valence electrons. The van der Waals surface area contributed by atoms with Crippen LogP contribution in [-0.2, 0) is 17.6 Å². The number of amides is 1. The van der Waals surface area contributed by atoms with Gasteiger partial charge in [-0.05, 0) is 30.5 Å². The third-order valence-corrected chi connectivity index (χ3v) is 4.35. The minimum atomic E-state index is -0.0455. The average Bonchev–Trinajstić information content (AvgIpc) is 3.23. The fourth-order valence-corrected chi connectivity index (χ4v) is 2.64. The van der Waals surface area contributed by atoms with Crippen molar-refractivity contribution in [2.24, 2.45) is 0 Å². The number of rotatable bonds is 6. The number of carbonyl (C=O) groups is 1. The van der Waals surface area contributed by atoms with Gasteiger partial charge in [0.05, 0.1) is 16.5 Å². The molecule has 0 atom stereocenters. The summed E-state index contributed by atoms with van der Waals surface area (Å²) in [6.07, 6.45) is 5.11. The van der Waals surface area contributed by atoms with Gasteiger partial charge in [-0.25, -0.2) is 0 Å². The fraction of sp³-hybridized carbons (Fsp3) is 0.400. The number of hydrogen-bond acceptors (Lipinski definition) is 3. The number of nitrogens with one attached hydrogen (secondary N) is 1. The van der Waals surface area contributed by atoms with E-state index in [0.29, 0.717) is 29.1 Å². The van der Waals surface area contributed by atoms with Crippen molar-refractivity contribution in [3.05, 3.63) is 46.0 Å². The summed E-state index contributed by atoms with van der Waals surface area (Å²) in [7, 11) is 0.